The van der Waals surface area contributed by atoms with Crippen LogP contribution in [0.25, 0.3) is 0 Å². The van der Waals surface area contributed by atoms with E-state index < -0.39 is 5.25 Å². The lowest BCUT2D eigenvalue weighted by Gasteiger charge is -2.31. The number of benzene rings is 1. The van der Waals surface area contributed by atoms with E-state index in [1.807, 2.05) is 6.07 Å². The summed E-state index contributed by atoms with van der Waals surface area (Å²) in [5.74, 6) is 0.196. The number of carbonyl (C=O) groups is 2. The van der Waals surface area contributed by atoms with E-state index in [9.17, 15) is 9.59 Å². The lowest BCUT2D eigenvalue weighted by Crippen LogP contribution is -2.47. The van der Waals surface area contributed by atoms with Crippen LogP contribution in [-0.2, 0) is 9.59 Å². The van der Waals surface area contributed by atoms with Gasteiger partial charge in [-0.25, -0.2) is 0 Å². The topological polar surface area (TPSA) is 84.2 Å². The van der Waals surface area contributed by atoms with Gasteiger partial charge in [-0.2, -0.15) is 0 Å². The molecule has 2 unspecified atom stereocenters. The predicted octanol–water partition coefficient (Wildman–Crippen LogP) is 3.59. The van der Waals surface area contributed by atoms with Gasteiger partial charge in [-0.05, 0) is 37.0 Å². The van der Waals surface area contributed by atoms with Gasteiger partial charge in [0, 0.05) is 28.9 Å². The van der Waals surface area contributed by atoms with Crippen molar-refractivity contribution in [1.82, 2.24) is 5.32 Å². The molecule has 5 nitrogen and oxygen atoms in total. The smallest absolute Gasteiger partial charge is 0.238 e. The summed E-state index contributed by atoms with van der Waals surface area (Å²) < 4.78 is 0. The van der Waals surface area contributed by atoms with Gasteiger partial charge in [0.15, 0.2) is 0 Å². The van der Waals surface area contributed by atoms with E-state index in [0.717, 1.165) is 17.7 Å². The molecule has 144 valence electrons. The number of fused-ring (bicyclic) bond motifs is 1. The molecular formula is C18H25Cl2N3O2S. The number of nitrogens with two attached hydrogens (primary N) is 1. The molecule has 0 saturated heterocycles. The van der Waals surface area contributed by atoms with Gasteiger partial charge in [-0.1, -0.05) is 30.9 Å². The number of carbonyl (C=O) groups excluding carboxylic acids is 2. The molecule has 8 heteroatoms. The van der Waals surface area contributed by atoms with Crippen LogP contribution in [0.3, 0.4) is 0 Å². The fraction of sp³-hybridized carbons (Fsp3) is 0.556. The van der Waals surface area contributed by atoms with Crippen molar-refractivity contribution < 1.29 is 9.59 Å². The van der Waals surface area contributed by atoms with Gasteiger partial charge >= 0.3 is 0 Å². The fourth-order valence-corrected chi connectivity index (χ4v) is 4.86. The molecule has 0 aromatic heterocycles. The van der Waals surface area contributed by atoms with Crippen LogP contribution in [0.1, 0.15) is 38.5 Å². The summed E-state index contributed by atoms with van der Waals surface area (Å²) in [6.07, 6.45) is 6.07. The Morgan fingerprint density at radius 3 is 2.77 bits per heavy atom. The number of nitrogens with one attached hydrogen (secondary N) is 2. The zero-order valence-corrected chi connectivity index (χ0v) is 16.9. The minimum atomic E-state index is -0.432. The molecule has 2 atom stereocenters. The summed E-state index contributed by atoms with van der Waals surface area (Å²) >= 11 is 7.37. The van der Waals surface area contributed by atoms with Gasteiger partial charge in [0.25, 0.3) is 0 Å². The Kier molecular flexibility index (Phi) is 8.07. The Bertz CT molecular complexity index is 653. The number of hydrogen-bond acceptors (Lipinski definition) is 4. The summed E-state index contributed by atoms with van der Waals surface area (Å²) in [5, 5.41) is 6.04. The maximum absolute atomic E-state index is 12.5. The Morgan fingerprint density at radius 2 is 2.08 bits per heavy atom. The molecule has 26 heavy (non-hydrogen) atoms. The van der Waals surface area contributed by atoms with Crippen molar-refractivity contribution in [2.75, 3.05) is 11.9 Å². The van der Waals surface area contributed by atoms with Gasteiger partial charge in [-0.3, -0.25) is 9.59 Å². The van der Waals surface area contributed by atoms with Crippen molar-refractivity contribution in [3.8, 4) is 0 Å². The predicted molar refractivity (Wildman–Crippen MR) is 109 cm³/mol. The second-order valence-electron chi connectivity index (χ2n) is 6.75. The molecule has 1 saturated carbocycles. The van der Waals surface area contributed by atoms with Gasteiger partial charge in [0.1, 0.15) is 0 Å². The van der Waals surface area contributed by atoms with E-state index >= 15 is 0 Å². The van der Waals surface area contributed by atoms with Crippen LogP contribution in [0.5, 0.6) is 0 Å². The first-order valence-electron chi connectivity index (χ1n) is 8.83. The Labute approximate surface area is 169 Å². The van der Waals surface area contributed by atoms with Crippen LogP contribution in [0.4, 0.5) is 5.69 Å². The van der Waals surface area contributed by atoms with E-state index in [1.165, 1.54) is 31.0 Å². The van der Waals surface area contributed by atoms with Crippen LogP contribution < -0.4 is 16.4 Å². The summed E-state index contributed by atoms with van der Waals surface area (Å²) in [6.45, 7) is 0.446. The third-order valence-electron chi connectivity index (χ3n) is 4.95. The average Bonchev–Trinajstić information content (AvgIpc) is 2.61. The van der Waals surface area contributed by atoms with Gasteiger partial charge in [0.2, 0.25) is 11.8 Å². The van der Waals surface area contributed by atoms with Gasteiger partial charge < -0.3 is 16.4 Å². The van der Waals surface area contributed by atoms with Gasteiger partial charge in [-0.15, -0.1) is 24.2 Å². The lowest BCUT2D eigenvalue weighted by molar-refractivity contribution is -0.124. The van der Waals surface area contributed by atoms with E-state index in [1.54, 1.807) is 12.1 Å². The van der Waals surface area contributed by atoms with Crippen LogP contribution in [0.15, 0.2) is 23.1 Å². The summed E-state index contributed by atoms with van der Waals surface area (Å²) in [7, 11) is 0. The molecule has 2 amide bonds. The van der Waals surface area contributed by atoms with Crippen LogP contribution >= 0.6 is 35.8 Å². The van der Waals surface area contributed by atoms with Crippen LogP contribution in [0.2, 0.25) is 5.02 Å². The number of hydrogen-bond donors (Lipinski definition) is 3. The Balaban J connectivity index is 0.00000243. The third kappa shape index (κ3) is 5.28. The van der Waals surface area contributed by atoms with Crippen molar-refractivity contribution in [2.24, 2.45) is 11.7 Å². The molecule has 1 heterocycles. The van der Waals surface area contributed by atoms with Crippen molar-refractivity contribution in [2.45, 2.75) is 54.7 Å². The van der Waals surface area contributed by atoms with Crippen molar-refractivity contribution in [3.05, 3.63) is 23.2 Å². The van der Waals surface area contributed by atoms with Crippen LogP contribution in [0, 0.1) is 5.92 Å². The Hall–Kier alpha value is -0.950. The standard InChI is InChI=1S/C18H24ClN3O2S.ClH/c19-12-6-7-15-13(8-12)22-18(24)16(25-15)9-17(23)21-14(10-20)11-4-2-1-3-5-11;/h6-8,11,14,16H,1-5,9-10,20H2,(H,21,23)(H,22,24);1H. The second kappa shape index (κ2) is 9.83. The zero-order valence-electron chi connectivity index (χ0n) is 14.5. The van der Waals surface area contributed by atoms with Crippen molar-refractivity contribution in [3.63, 3.8) is 0 Å². The largest absolute Gasteiger partial charge is 0.352 e. The van der Waals surface area contributed by atoms with E-state index in [2.05, 4.69) is 10.6 Å². The highest BCUT2D eigenvalue weighted by atomic mass is 35.5. The minimum absolute atomic E-state index is 0. The van der Waals surface area contributed by atoms with Crippen molar-refractivity contribution in [1.29, 1.82) is 0 Å². The van der Waals surface area contributed by atoms with E-state index in [-0.39, 0.29) is 36.7 Å². The second-order valence-corrected chi connectivity index (χ2v) is 8.43. The number of rotatable bonds is 5. The molecule has 1 aliphatic carbocycles. The monoisotopic (exact) mass is 417 g/mol. The quantitative estimate of drug-likeness (QED) is 0.683. The maximum atomic E-state index is 12.5. The van der Waals surface area contributed by atoms with E-state index in [0.29, 0.717) is 23.2 Å². The molecule has 1 aromatic rings. The van der Waals surface area contributed by atoms with E-state index in [4.69, 9.17) is 17.3 Å². The molecule has 1 fully saturated rings. The molecule has 0 radical (unpaired) electrons. The SMILES string of the molecule is Cl.NCC(NC(=O)CC1Sc2ccc(Cl)cc2NC1=O)C1CCCCC1. The number of amides is 2. The molecular weight excluding hydrogens is 393 g/mol. The first-order valence-corrected chi connectivity index (χ1v) is 10.1. The summed E-state index contributed by atoms with van der Waals surface area (Å²) in [5.41, 5.74) is 6.59. The van der Waals surface area contributed by atoms with Gasteiger partial charge in [0.05, 0.1) is 10.9 Å². The number of anilines is 1. The number of thioether (sulfide) groups is 1. The normalized spacial score (nSPS) is 21.2. The summed E-state index contributed by atoms with van der Waals surface area (Å²) in [6, 6.07) is 5.40. The molecule has 1 aliphatic heterocycles. The minimum Gasteiger partial charge on any atom is -0.352 e. The summed E-state index contributed by atoms with van der Waals surface area (Å²) in [4.78, 5) is 25.7. The first kappa shape index (κ1) is 21.4. The van der Waals surface area contributed by atoms with Crippen molar-refractivity contribution >= 4 is 53.3 Å². The first-order chi connectivity index (χ1) is 12.1. The Morgan fingerprint density at radius 1 is 1.35 bits per heavy atom. The molecule has 3 rings (SSSR count). The maximum Gasteiger partial charge on any atom is 0.238 e. The number of halogens is 2. The molecule has 0 spiro atoms. The van der Waals surface area contributed by atoms with Crippen LogP contribution in [-0.4, -0.2) is 29.7 Å². The fourth-order valence-electron chi connectivity index (χ4n) is 3.60. The highest BCUT2D eigenvalue weighted by Gasteiger charge is 2.31. The highest BCUT2D eigenvalue weighted by Crippen LogP contribution is 2.38. The molecule has 1 aromatic carbocycles. The molecule has 2 aliphatic rings. The molecule has 0 bridgehead atoms. The highest BCUT2D eigenvalue weighted by molar-refractivity contribution is 8.01. The zero-order chi connectivity index (χ0) is 17.8. The average molecular weight is 418 g/mol. The lowest BCUT2D eigenvalue weighted by atomic mass is 9.84. The third-order valence-corrected chi connectivity index (χ3v) is 6.46. The molecule has 4 N–H and O–H groups in total.